The number of aryl methyl sites for hydroxylation is 1. The number of aromatic nitrogens is 3. The molecule has 206 valence electrons. The molecule has 3 fully saturated rings. The Morgan fingerprint density at radius 2 is 2.00 bits per heavy atom. The summed E-state index contributed by atoms with van der Waals surface area (Å²) in [5, 5.41) is 0.988. The number of carbonyl (C=O) groups is 1. The van der Waals surface area contributed by atoms with E-state index in [1.807, 2.05) is 24.3 Å². The molecule has 1 unspecified atom stereocenters. The Balaban J connectivity index is 1.27. The topological polar surface area (TPSA) is 129 Å². The summed E-state index contributed by atoms with van der Waals surface area (Å²) < 4.78 is 36.5. The number of hydrogen-bond donors (Lipinski definition) is 2. The van der Waals surface area contributed by atoms with Gasteiger partial charge in [-0.2, -0.15) is 0 Å². The number of methoxy groups -OCH3 is 1. The lowest BCUT2D eigenvalue weighted by Crippen LogP contribution is -2.58. The maximum Gasteiger partial charge on any atom is 0.212 e. The van der Waals surface area contributed by atoms with Gasteiger partial charge in [-0.05, 0) is 49.5 Å². The molecule has 9 nitrogen and oxygen atoms in total. The van der Waals surface area contributed by atoms with Crippen molar-refractivity contribution in [3.05, 3.63) is 30.1 Å². The number of hydrogen-bond acceptors (Lipinski definition) is 7. The molecule has 2 bridgehead atoms. The van der Waals surface area contributed by atoms with Crippen LogP contribution in [0.3, 0.4) is 0 Å². The number of pyridine rings is 1. The second kappa shape index (κ2) is 10.2. The number of para-hydroxylation sites is 1. The highest BCUT2D eigenvalue weighted by Crippen LogP contribution is 2.59. The third kappa shape index (κ3) is 4.82. The minimum absolute atomic E-state index is 0.107. The number of ether oxygens (including phenoxy) is 1. The number of carbonyl (C=O) groups excluding carboxylic acids is 1. The fourth-order valence-corrected chi connectivity index (χ4v) is 8.73. The fourth-order valence-electron chi connectivity index (χ4n) is 6.83. The zero-order valence-corrected chi connectivity index (χ0v) is 23.4. The van der Waals surface area contributed by atoms with Gasteiger partial charge in [0.2, 0.25) is 10.0 Å². The van der Waals surface area contributed by atoms with Gasteiger partial charge in [0.1, 0.15) is 17.1 Å². The molecule has 2 aromatic heterocycles. The van der Waals surface area contributed by atoms with Gasteiger partial charge in [-0.15, -0.1) is 0 Å². The van der Waals surface area contributed by atoms with Crippen molar-refractivity contribution in [1.29, 1.82) is 0 Å². The molecular formula is C28H39N5O4S. The molecule has 0 spiro atoms. The van der Waals surface area contributed by atoms with Crippen LogP contribution in [0.4, 0.5) is 5.82 Å². The number of anilines is 1. The lowest BCUT2D eigenvalue weighted by molar-refractivity contribution is -0.149. The van der Waals surface area contributed by atoms with Crippen LogP contribution in [0.1, 0.15) is 58.2 Å². The van der Waals surface area contributed by atoms with E-state index < -0.39 is 15.4 Å². The maximum atomic E-state index is 13.1. The zero-order valence-electron chi connectivity index (χ0n) is 22.6. The highest BCUT2D eigenvalue weighted by atomic mass is 32.2. The summed E-state index contributed by atoms with van der Waals surface area (Å²) in [7, 11) is -1.92. The maximum absolute atomic E-state index is 13.1. The molecule has 2 heterocycles. The number of fused-ring (bicyclic) bond motifs is 6. The number of unbranched alkanes of at least 4 members (excludes halogenated alkanes) is 1. The van der Waals surface area contributed by atoms with E-state index in [2.05, 4.69) is 28.1 Å². The molecule has 0 radical (unpaired) electrons. The van der Waals surface area contributed by atoms with Crippen LogP contribution >= 0.6 is 0 Å². The summed E-state index contributed by atoms with van der Waals surface area (Å²) in [6.07, 6.45) is 5.12. The smallest absolute Gasteiger partial charge is 0.212 e. The van der Waals surface area contributed by atoms with Crippen molar-refractivity contribution in [3.63, 3.8) is 0 Å². The van der Waals surface area contributed by atoms with Crippen molar-refractivity contribution in [3.8, 4) is 0 Å². The SMILES string of the molecule is COCCc1nc2c(N)nc3ccccc3c2n1CCCCNS(=O)(=O)C[C@]12CCC(CC1=O)CC2(C)C. The predicted molar refractivity (Wildman–Crippen MR) is 149 cm³/mol. The molecule has 3 aliphatic rings. The number of imidazole rings is 1. The summed E-state index contributed by atoms with van der Waals surface area (Å²) in [5.41, 5.74) is 7.66. The van der Waals surface area contributed by atoms with Gasteiger partial charge in [0.25, 0.3) is 0 Å². The standard InChI is InChI=1S/C28H39N5O4S/c1-27(2)17-19-10-12-28(27,22(34)16-19)18-38(35,36)30-13-6-7-14-33-23(11-15-37-3)32-24-25(33)20-8-4-5-9-21(20)31-26(24)29/h4-5,8-9,19,30H,6-7,10-18H2,1-3H3,(H2,29,31)/t19?,28-/m1/s1. The lowest BCUT2D eigenvalue weighted by Gasteiger charge is -2.55. The summed E-state index contributed by atoms with van der Waals surface area (Å²) in [6.45, 7) is 5.66. The molecular weight excluding hydrogens is 502 g/mol. The second-order valence-corrected chi connectivity index (χ2v) is 13.5. The Kier molecular flexibility index (Phi) is 7.26. The Hall–Kier alpha value is -2.56. The molecule has 38 heavy (non-hydrogen) atoms. The molecule has 3 aromatic rings. The van der Waals surface area contributed by atoms with Gasteiger partial charge in [-0.1, -0.05) is 32.0 Å². The number of Topliss-reactive ketones (excluding diaryl/α,β-unsaturated/α-hetero) is 1. The van der Waals surface area contributed by atoms with E-state index in [-0.39, 0.29) is 17.0 Å². The molecule has 6 rings (SSSR count). The van der Waals surface area contributed by atoms with E-state index in [0.29, 0.717) is 62.6 Å². The number of nitrogens with two attached hydrogens (primary N) is 1. The Morgan fingerprint density at radius 1 is 1.21 bits per heavy atom. The van der Waals surface area contributed by atoms with Gasteiger partial charge < -0.3 is 15.0 Å². The molecule has 0 saturated heterocycles. The minimum atomic E-state index is -3.59. The van der Waals surface area contributed by atoms with E-state index in [0.717, 1.165) is 41.5 Å². The van der Waals surface area contributed by atoms with Crippen molar-refractivity contribution < 1.29 is 17.9 Å². The molecule has 3 N–H and O–H groups in total. The molecule has 0 amide bonds. The van der Waals surface area contributed by atoms with Crippen LogP contribution in [-0.4, -0.2) is 54.8 Å². The predicted octanol–water partition coefficient (Wildman–Crippen LogP) is 3.84. The van der Waals surface area contributed by atoms with Crippen molar-refractivity contribution in [1.82, 2.24) is 19.3 Å². The van der Waals surface area contributed by atoms with Gasteiger partial charge in [0.15, 0.2) is 5.82 Å². The van der Waals surface area contributed by atoms with E-state index in [9.17, 15) is 13.2 Å². The van der Waals surface area contributed by atoms with Gasteiger partial charge in [-0.3, -0.25) is 4.79 Å². The second-order valence-electron chi connectivity index (χ2n) is 11.7. The minimum Gasteiger partial charge on any atom is -0.384 e. The first-order chi connectivity index (χ1) is 18.1. The van der Waals surface area contributed by atoms with Gasteiger partial charge >= 0.3 is 0 Å². The highest BCUT2D eigenvalue weighted by molar-refractivity contribution is 7.89. The van der Waals surface area contributed by atoms with Gasteiger partial charge in [0, 0.05) is 43.8 Å². The van der Waals surface area contributed by atoms with Crippen LogP contribution in [0, 0.1) is 16.7 Å². The van der Waals surface area contributed by atoms with E-state index in [1.165, 1.54) is 0 Å². The van der Waals surface area contributed by atoms with Gasteiger partial charge in [-0.25, -0.2) is 23.1 Å². The monoisotopic (exact) mass is 541 g/mol. The van der Waals surface area contributed by atoms with Crippen molar-refractivity contribution in [2.24, 2.45) is 16.7 Å². The van der Waals surface area contributed by atoms with Crippen LogP contribution in [0.5, 0.6) is 0 Å². The summed E-state index contributed by atoms with van der Waals surface area (Å²) in [5.74, 6) is 1.71. The Morgan fingerprint density at radius 3 is 2.74 bits per heavy atom. The average molecular weight is 542 g/mol. The fraction of sp³-hybridized carbons (Fsp3) is 0.607. The molecule has 1 aromatic carbocycles. The normalized spacial score (nSPS) is 23.0. The quantitative estimate of drug-likeness (QED) is 0.353. The van der Waals surface area contributed by atoms with Crippen LogP contribution < -0.4 is 10.5 Å². The molecule has 10 heteroatoms. The molecule has 3 aliphatic carbocycles. The number of sulfonamides is 1. The first-order valence-electron chi connectivity index (χ1n) is 13.6. The highest BCUT2D eigenvalue weighted by Gasteiger charge is 2.59. The van der Waals surface area contributed by atoms with E-state index in [4.69, 9.17) is 15.5 Å². The number of nitrogen functional groups attached to an aromatic ring is 1. The van der Waals surface area contributed by atoms with Crippen molar-refractivity contribution in [2.45, 2.75) is 65.3 Å². The zero-order chi connectivity index (χ0) is 27.1. The summed E-state index contributed by atoms with van der Waals surface area (Å²) >= 11 is 0. The van der Waals surface area contributed by atoms with Crippen LogP contribution in [-0.2, 0) is 32.5 Å². The largest absolute Gasteiger partial charge is 0.384 e. The van der Waals surface area contributed by atoms with Crippen LogP contribution in [0.25, 0.3) is 21.9 Å². The van der Waals surface area contributed by atoms with Crippen LogP contribution in [0.15, 0.2) is 24.3 Å². The number of nitrogens with zero attached hydrogens (tertiary/aromatic N) is 3. The lowest BCUT2D eigenvalue weighted by atomic mass is 9.49. The number of benzene rings is 1. The number of ketones is 1. The Labute approximate surface area is 224 Å². The third-order valence-electron chi connectivity index (χ3n) is 8.87. The van der Waals surface area contributed by atoms with Crippen molar-refractivity contribution in [2.75, 3.05) is 31.7 Å². The first-order valence-corrected chi connectivity index (χ1v) is 15.2. The molecule has 0 aliphatic heterocycles. The Bertz CT molecular complexity index is 1460. The molecule has 2 atom stereocenters. The number of nitrogens with one attached hydrogen (secondary N) is 1. The third-order valence-corrected chi connectivity index (χ3v) is 10.4. The van der Waals surface area contributed by atoms with Gasteiger partial charge in [0.05, 0.1) is 23.4 Å². The average Bonchev–Trinajstić information content (AvgIpc) is 3.22. The summed E-state index contributed by atoms with van der Waals surface area (Å²) in [6, 6.07) is 7.88. The van der Waals surface area contributed by atoms with E-state index in [1.54, 1.807) is 7.11 Å². The summed E-state index contributed by atoms with van der Waals surface area (Å²) in [4.78, 5) is 22.3. The van der Waals surface area contributed by atoms with Crippen molar-refractivity contribution >= 4 is 43.6 Å². The number of rotatable bonds is 11. The van der Waals surface area contributed by atoms with E-state index >= 15 is 0 Å². The molecule has 3 saturated carbocycles. The van der Waals surface area contributed by atoms with Crippen LogP contribution in [0.2, 0.25) is 0 Å². The first kappa shape index (κ1) is 27.0.